The molecule has 1 atom stereocenters. The summed E-state index contributed by atoms with van der Waals surface area (Å²) in [5.74, 6) is 0. The molecule has 1 fully saturated rings. The van der Waals surface area contributed by atoms with Gasteiger partial charge in [-0.05, 0) is 69.0 Å². The summed E-state index contributed by atoms with van der Waals surface area (Å²) in [6, 6.07) is 22.0. The Balaban J connectivity index is 1.44. The summed E-state index contributed by atoms with van der Waals surface area (Å²) in [7, 11) is 0. The lowest BCUT2D eigenvalue weighted by atomic mass is 10.00. The number of rotatable bonds is 12. The van der Waals surface area contributed by atoms with Crippen LogP contribution >= 0.6 is 0 Å². The molecule has 1 heterocycles. The zero-order valence-electron chi connectivity index (χ0n) is 18.6. The van der Waals surface area contributed by atoms with E-state index in [2.05, 4.69) is 77.6 Å². The summed E-state index contributed by atoms with van der Waals surface area (Å²) >= 11 is 0. The lowest BCUT2D eigenvalue weighted by Gasteiger charge is -2.35. The quantitative estimate of drug-likeness (QED) is 0.229. The molecule has 0 spiro atoms. The molecule has 0 bridgehead atoms. The van der Waals surface area contributed by atoms with E-state index in [1.165, 1.54) is 49.8 Å². The number of piperidine rings is 1. The number of unbranched alkanes of at least 4 members (excludes halogenated alkanes) is 1. The first-order chi connectivity index (χ1) is 14.9. The van der Waals surface area contributed by atoms with Crippen molar-refractivity contribution in [1.29, 1.82) is 0 Å². The highest BCUT2D eigenvalue weighted by Gasteiger charge is 2.19. The minimum Gasteiger partial charge on any atom is -0.396 e. The number of hydrogen-bond acceptors (Lipinski definition) is 3. The van der Waals surface area contributed by atoms with Gasteiger partial charge in [0.05, 0.1) is 5.71 Å². The Morgan fingerprint density at radius 3 is 2.50 bits per heavy atom. The second-order valence-corrected chi connectivity index (χ2v) is 8.38. The molecule has 0 saturated carbocycles. The van der Waals surface area contributed by atoms with Gasteiger partial charge in [0.1, 0.15) is 6.61 Å². The average molecular weight is 407 g/mol. The van der Waals surface area contributed by atoms with Gasteiger partial charge in [-0.25, -0.2) is 0 Å². The molecule has 3 nitrogen and oxygen atoms in total. The van der Waals surface area contributed by atoms with Gasteiger partial charge in [0.2, 0.25) is 0 Å². The molecule has 3 rings (SSSR count). The van der Waals surface area contributed by atoms with Gasteiger partial charge < -0.3 is 9.74 Å². The van der Waals surface area contributed by atoms with Gasteiger partial charge in [0.25, 0.3) is 0 Å². The van der Waals surface area contributed by atoms with Crippen molar-refractivity contribution in [3.8, 4) is 0 Å². The molecular weight excluding hydrogens is 368 g/mol. The highest BCUT2D eigenvalue weighted by atomic mass is 16.6. The Labute approximate surface area is 183 Å². The summed E-state index contributed by atoms with van der Waals surface area (Å²) in [6.07, 6.45) is 10.8. The molecule has 0 N–H and O–H groups in total. The van der Waals surface area contributed by atoms with Crippen LogP contribution in [0.5, 0.6) is 0 Å². The maximum absolute atomic E-state index is 5.79. The third-order valence-corrected chi connectivity index (χ3v) is 6.15. The minimum atomic E-state index is 0.702. The fourth-order valence-corrected chi connectivity index (χ4v) is 4.41. The van der Waals surface area contributed by atoms with E-state index >= 15 is 0 Å². The number of nitrogens with zero attached hydrogens (tertiary/aromatic N) is 2. The maximum Gasteiger partial charge on any atom is 0.118 e. The Bertz CT molecular complexity index is 729. The second kappa shape index (κ2) is 13.2. The van der Waals surface area contributed by atoms with Crippen LogP contribution in [0, 0.1) is 0 Å². The fraction of sp³-hybridized carbons (Fsp3) is 0.519. The lowest BCUT2D eigenvalue weighted by molar-refractivity contribution is 0.102. The molecule has 3 heteroatoms. The van der Waals surface area contributed by atoms with Crippen molar-refractivity contribution in [2.24, 2.45) is 5.16 Å². The molecule has 2 aromatic carbocycles. The summed E-state index contributed by atoms with van der Waals surface area (Å²) in [5, 5.41) is 4.56. The van der Waals surface area contributed by atoms with E-state index in [4.69, 9.17) is 4.84 Å². The predicted octanol–water partition coefficient (Wildman–Crippen LogP) is 6.47. The Morgan fingerprint density at radius 2 is 1.73 bits per heavy atom. The van der Waals surface area contributed by atoms with E-state index in [1.54, 1.807) is 0 Å². The van der Waals surface area contributed by atoms with Crippen molar-refractivity contribution in [1.82, 2.24) is 4.90 Å². The number of aryl methyl sites for hydroxylation is 1. The summed E-state index contributed by atoms with van der Waals surface area (Å²) in [4.78, 5) is 8.44. The molecule has 1 unspecified atom stereocenters. The van der Waals surface area contributed by atoms with Crippen LogP contribution in [-0.4, -0.2) is 36.3 Å². The van der Waals surface area contributed by atoms with Crippen molar-refractivity contribution in [3.63, 3.8) is 0 Å². The normalized spacial score (nSPS) is 17.8. The summed E-state index contributed by atoms with van der Waals surface area (Å²) in [6.45, 7) is 5.39. The van der Waals surface area contributed by atoms with Crippen LogP contribution in [0.3, 0.4) is 0 Å². The monoisotopic (exact) mass is 406 g/mol. The SMILES string of the molecule is CCC1CCCCN1CCCON=C(CCCCc1ccccc1)c1ccccc1. The van der Waals surface area contributed by atoms with Crippen molar-refractivity contribution >= 4 is 5.71 Å². The third-order valence-electron chi connectivity index (χ3n) is 6.15. The van der Waals surface area contributed by atoms with E-state index in [0.29, 0.717) is 6.61 Å². The van der Waals surface area contributed by atoms with Crippen molar-refractivity contribution < 1.29 is 4.84 Å². The smallest absolute Gasteiger partial charge is 0.118 e. The topological polar surface area (TPSA) is 24.8 Å². The summed E-state index contributed by atoms with van der Waals surface area (Å²) in [5.41, 5.74) is 3.67. The maximum atomic E-state index is 5.79. The Morgan fingerprint density at radius 1 is 0.967 bits per heavy atom. The van der Waals surface area contributed by atoms with E-state index in [1.807, 2.05) is 0 Å². The second-order valence-electron chi connectivity index (χ2n) is 8.38. The van der Waals surface area contributed by atoms with Gasteiger partial charge in [-0.15, -0.1) is 0 Å². The predicted molar refractivity (Wildman–Crippen MR) is 127 cm³/mol. The molecule has 0 aliphatic carbocycles. The van der Waals surface area contributed by atoms with E-state index < -0.39 is 0 Å². The van der Waals surface area contributed by atoms with Gasteiger partial charge in [0.15, 0.2) is 0 Å². The summed E-state index contributed by atoms with van der Waals surface area (Å²) < 4.78 is 0. The Kier molecular flexibility index (Phi) is 9.94. The van der Waals surface area contributed by atoms with Crippen LogP contribution < -0.4 is 0 Å². The first-order valence-electron chi connectivity index (χ1n) is 11.9. The van der Waals surface area contributed by atoms with Gasteiger partial charge in [-0.1, -0.05) is 79.2 Å². The van der Waals surface area contributed by atoms with Crippen LogP contribution in [0.2, 0.25) is 0 Å². The molecule has 1 aliphatic heterocycles. The van der Waals surface area contributed by atoms with Crippen LogP contribution in [0.25, 0.3) is 0 Å². The number of oxime groups is 1. The van der Waals surface area contributed by atoms with Crippen LogP contribution in [-0.2, 0) is 11.3 Å². The molecule has 0 radical (unpaired) electrons. The van der Waals surface area contributed by atoms with Crippen molar-refractivity contribution in [3.05, 3.63) is 71.8 Å². The largest absolute Gasteiger partial charge is 0.396 e. The highest BCUT2D eigenvalue weighted by molar-refractivity contribution is 6.00. The Hall–Kier alpha value is -2.13. The van der Waals surface area contributed by atoms with Gasteiger partial charge >= 0.3 is 0 Å². The van der Waals surface area contributed by atoms with Crippen molar-refractivity contribution in [2.75, 3.05) is 19.7 Å². The number of likely N-dealkylation sites (tertiary alicyclic amines) is 1. The molecule has 0 amide bonds. The first kappa shape index (κ1) is 22.6. The standard InChI is InChI=1S/C27H38N2O/c1-2-26-19-11-12-21-29(26)22-13-23-30-28-27(25-17-7-4-8-18-25)20-10-9-16-24-14-5-3-6-15-24/h3-8,14-15,17-18,26H,2,9-13,16,19-23H2,1H3. The zero-order valence-corrected chi connectivity index (χ0v) is 18.6. The molecule has 1 saturated heterocycles. The fourth-order valence-electron chi connectivity index (χ4n) is 4.41. The van der Waals surface area contributed by atoms with Crippen LogP contribution in [0.15, 0.2) is 65.8 Å². The molecule has 2 aromatic rings. The lowest BCUT2D eigenvalue weighted by Crippen LogP contribution is -2.39. The van der Waals surface area contributed by atoms with Gasteiger partial charge in [0, 0.05) is 12.6 Å². The molecule has 0 aromatic heterocycles. The third kappa shape index (κ3) is 7.60. The van der Waals surface area contributed by atoms with E-state index in [-0.39, 0.29) is 0 Å². The van der Waals surface area contributed by atoms with Gasteiger partial charge in [-0.2, -0.15) is 0 Å². The van der Waals surface area contributed by atoms with E-state index in [9.17, 15) is 0 Å². The number of benzene rings is 2. The molecular formula is C27H38N2O. The van der Waals surface area contributed by atoms with E-state index in [0.717, 1.165) is 44.0 Å². The molecule has 162 valence electrons. The molecule has 1 aliphatic rings. The first-order valence-corrected chi connectivity index (χ1v) is 11.9. The number of hydrogen-bond donors (Lipinski definition) is 0. The average Bonchev–Trinajstić information content (AvgIpc) is 2.81. The zero-order chi connectivity index (χ0) is 20.9. The molecule has 30 heavy (non-hydrogen) atoms. The van der Waals surface area contributed by atoms with Gasteiger partial charge in [-0.3, -0.25) is 0 Å². The van der Waals surface area contributed by atoms with Crippen LogP contribution in [0.4, 0.5) is 0 Å². The van der Waals surface area contributed by atoms with Crippen molar-refractivity contribution in [2.45, 2.75) is 70.8 Å². The highest BCUT2D eigenvalue weighted by Crippen LogP contribution is 2.19. The minimum absolute atomic E-state index is 0.702. The van der Waals surface area contributed by atoms with Crippen LogP contribution in [0.1, 0.15) is 69.4 Å².